The van der Waals surface area contributed by atoms with Crippen LogP contribution in [0.4, 0.5) is 0 Å². The first-order valence-corrected chi connectivity index (χ1v) is 7.35. The fourth-order valence-electron chi connectivity index (χ4n) is 3.99. The number of fused-ring (bicyclic) bond motifs is 2. The fourth-order valence-corrected chi connectivity index (χ4v) is 3.99. The molecule has 0 N–H and O–H groups in total. The van der Waals surface area contributed by atoms with E-state index in [9.17, 15) is 9.59 Å². The van der Waals surface area contributed by atoms with Gasteiger partial charge in [-0.15, -0.1) is 0 Å². The van der Waals surface area contributed by atoms with Gasteiger partial charge in [0.1, 0.15) is 5.78 Å². The van der Waals surface area contributed by atoms with Crippen LogP contribution in [-0.2, 0) is 9.59 Å². The van der Waals surface area contributed by atoms with Gasteiger partial charge >= 0.3 is 0 Å². The van der Waals surface area contributed by atoms with Gasteiger partial charge in [-0.05, 0) is 38.5 Å². The Balaban J connectivity index is 2.10. The van der Waals surface area contributed by atoms with Gasteiger partial charge in [0.2, 0.25) is 0 Å². The quantitative estimate of drug-likeness (QED) is 0.673. The third-order valence-electron chi connectivity index (χ3n) is 5.39. The Hall–Kier alpha value is -1.18. The molecule has 1 saturated carbocycles. The first-order valence-electron chi connectivity index (χ1n) is 7.35. The number of rotatable bonds is 1. The summed E-state index contributed by atoms with van der Waals surface area (Å²) < 4.78 is 0. The molecule has 2 heteroatoms. The van der Waals surface area contributed by atoms with Gasteiger partial charge in [0.05, 0.1) is 5.41 Å². The van der Waals surface area contributed by atoms with Crippen LogP contribution in [0.3, 0.4) is 0 Å². The number of carbonyl (C=O) groups is 2. The summed E-state index contributed by atoms with van der Waals surface area (Å²) in [5.74, 6) is 0.893. The standard InChI is InChI=1S/C17H22O2/c1-11-10-17(8-6-12(11)9-14(17)18)13-5-4-7-16(2,3)15(13)19/h5,10,12H,4,6-9H2,1-3H3/t12-,17-/m1/s1. The van der Waals surface area contributed by atoms with Crippen molar-refractivity contribution in [3.63, 3.8) is 0 Å². The molecule has 0 aromatic heterocycles. The largest absolute Gasteiger partial charge is 0.298 e. The van der Waals surface area contributed by atoms with E-state index < -0.39 is 5.41 Å². The molecule has 0 spiro atoms. The average Bonchev–Trinajstić information content (AvgIpc) is 2.34. The summed E-state index contributed by atoms with van der Waals surface area (Å²) in [6.07, 6.45) is 8.48. The van der Waals surface area contributed by atoms with Crippen LogP contribution in [0.1, 0.15) is 52.9 Å². The van der Waals surface area contributed by atoms with Gasteiger partial charge in [-0.25, -0.2) is 0 Å². The van der Waals surface area contributed by atoms with E-state index in [2.05, 4.69) is 13.0 Å². The number of Topliss-reactive ketones (excluding diaryl/α,β-unsaturated/α-hetero) is 2. The minimum absolute atomic E-state index is 0.191. The minimum atomic E-state index is -0.576. The Morgan fingerprint density at radius 3 is 2.58 bits per heavy atom. The zero-order valence-electron chi connectivity index (χ0n) is 12.1. The lowest BCUT2D eigenvalue weighted by atomic mass is 9.55. The highest BCUT2D eigenvalue weighted by Gasteiger charge is 2.52. The Morgan fingerprint density at radius 2 is 1.95 bits per heavy atom. The van der Waals surface area contributed by atoms with Crippen molar-refractivity contribution in [2.24, 2.45) is 16.7 Å². The first kappa shape index (κ1) is 12.8. The van der Waals surface area contributed by atoms with Gasteiger partial charge in [0.25, 0.3) is 0 Å². The number of hydrogen-bond acceptors (Lipinski definition) is 2. The maximum Gasteiger partial charge on any atom is 0.165 e. The van der Waals surface area contributed by atoms with E-state index in [-0.39, 0.29) is 17.0 Å². The Morgan fingerprint density at radius 1 is 1.21 bits per heavy atom. The summed E-state index contributed by atoms with van der Waals surface area (Å²) >= 11 is 0. The van der Waals surface area contributed by atoms with Crippen molar-refractivity contribution in [3.05, 3.63) is 23.3 Å². The molecular weight excluding hydrogens is 236 g/mol. The van der Waals surface area contributed by atoms with Gasteiger partial charge < -0.3 is 0 Å². The molecule has 0 amide bonds. The van der Waals surface area contributed by atoms with Gasteiger partial charge in [-0.2, -0.15) is 0 Å². The molecule has 4 rings (SSSR count). The van der Waals surface area contributed by atoms with E-state index in [0.29, 0.717) is 12.3 Å². The normalized spacial score (nSPS) is 37.1. The average molecular weight is 258 g/mol. The summed E-state index contributed by atoms with van der Waals surface area (Å²) in [6.45, 7) is 6.13. The van der Waals surface area contributed by atoms with E-state index >= 15 is 0 Å². The van der Waals surface area contributed by atoms with Gasteiger partial charge in [0.15, 0.2) is 5.78 Å². The second-order valence-corrected chi connectivity index (χ2v) is 7.09. The van der Waals surface area contributed by atoms with E-state index in [1.807, 2.05) is 19.9 Å². The number of carbonyl (C=O) groups excluding carboxylic acids is 2. The van der Waals surface area contributed by atoms with Crippen molar-refractivity contribution in [3.8, 4) is 0 Å². The number of hydrogen-bond donors (Lipinski definition) is 0. The van der Waals surface area contributed by atoms with Crippen LogP contribution in [0, 0.1) is 16.7 Å². The van der Waals surface area contributed by atoms with Crippen LogP contribution in [0.2, 0.25) is 0 Å². The number of allylic oxidation sites excluding steroid dienone is 4. The number of ketones is 2. The van der Waals surface area contributed by atoms with Crippen molar-refractivity contribution in [1.29, 1.82) is 0 Å². The predicted molar refractivity (Wildman–Crippen MR) is 74.6 cm³/mol. The summed E-state index contributed by atoms with van der Waals surface area (Å²) in [5.41, 5.74) is 1.22. The highest BCUT2D eigenvalue weighted by molar-refractivity contribution is 6.09. The lowest BCUT2D eigenvalue weighted by molar-refractivity contribution is -0.133. The van der Waals surface area contributed by atoms with E-state index in [1.54, 1.807) is 0 Å². The summed E-state index contributed by atoms with van der Waals surface area (Å²) in [5, 5.41) is 0. The Kier molecular flexibility index (Phi) is 2.64. The molecule has 2 nitrogen and oxygen atoms in total. The summed E-state index contributed by atoms with van der Waals surface area (Å²) in [6, 6.07) is 0. The van der Waals surface area contributed by atoms with Crippen LogP contribution >= 0.6 is 0 Å². The second-order valence-electron chi connectivity index (χ2n) is 7.09. The van der Waals surface area contributed by atoms with E-state index in [0.717, 1.165) is 31.3 Å². The molecule has 0 aromatic carbocycles. The van der Waals surface area contributed by atoms with Crippen LogP contribution < -0.4 is 0 Å². The molecule has 102 valence electrons. The topological polar surface area (TPSA) is 34.1 Å². The molecule has 4 aliphatic carbocycles. The maximum atomic E-state index is 12.7. The van der Waals surface area contributed by atoms with Crippen molar-refractivity contribution >= 4 is 11.6 Å². The minimum Gasteiger partial charge on any atom is -0.298 e. The van der Waals surface area contributed by atoms with Crippen LogP contribution in [0.15, 0.2) is 23.3 Å². The predicted octanol–water partition coefficient (Wildman–Crippen LogP) is 3.62. The van der Waals surface area contributed by atoms with Crippen LogP contribution in [0.5, 0.6) is 0 Å². The molecule has 1 fully saturated rings. The monoisotopic (exact) mass is 258 g/mol. The molecule has 2 bridgehead atoms. The summed E-state index contributed by atoms with van der Waals surface area (Å²) in [4.78, 5) is 25.3. The van der Waals surface area contributed by atoms with Crippen molar-refractivity contribution in [2.45, 2.75) is 52.9 Å². The molecule has 0 heterocycles. The molecule has 0 aliphatic heterocycles. The maximum absolute atomic E-state index is 12.7. The third kappa shape index (κ3) is 1.69. The van der Waals surface area contributed by atoms with Gasteiger partial charge in [0, 0.05) is 17.4 Å². The molecule has 4 aliphatic rings. The van der Waals surface area contributed by atoms with Gasteiger partial charge in [-0.1, -0.05) is 31.6 Å². The van der Waals surface area contributed by atoms with Gasteiger partial charge in [-0.3, -0.25) is 9.59 Å². The molecule has 19 heavy (non-hydrogen) atoms. The second kappa shape index (κ2) is 3.91. The summed E-state index contributed by atoms with van der Waals surface area (Å²) in [7, 11) is 0. The van der Waals surface area contributed by atoms with Crippen molar-refractivity contribution in [2.75, 3.05) is 0 Å². The zero-order valence-corrected chi connectivity index (χ0v) is 12.1. The Bertz CT molecular complexity index is 521. The van der Waals surface area contributed by atoms with Crippen LogP contribution in [-0.4, -0.2) is 11.6 Å². The first-order chi connectivity index (χ1) is 8.87. The zero-order chi connectivity index (χ0) is 13.8. The van der Waals surface area contributed by atoms with Crippen LogP contribution in [0.25, 0.3) is 0 Å². The fraction of sp³-hybridized carbons (Fsp3) is 0.647. The smallest absolute Gasteiger partial charge is 0.165 e. The SMILES string of the molecule is CC1=C[C@@]2(C3=CCCC(C)(C)C3=O)CC[C@@H]1CC2=O. The molecule has 2 atom stereocenters. The highest BCUT2D eigenvalue weighted by atomic mass is 16.1. The Labute approximate surface area is 115 Å². The molecule has 0 unspecified atom stereocenters. The van der Waals surface area contributed by atoms with E-state index in [4.69, 9.17) is 0 Å². The van der Waals surface area contributed by atoms with Crippen molar-refractivity contribution in [1.82, 2.24) is 0 Å². The molecule has 0 saturated heterocycles. The molecule has 0 radical (unpaired) electrons. The third-order valence-corrected chi connectivity index (χ3v) is 5.39. The van der Waals surface area contributed by atoms with Crippen molar-refractivity contribution < 1.29 is 9.59 Å². The molecular formula is C17H22O2. The molecule has 0 aromatic rings. The highest BCUT2D eigenvalue weighted by Crippen LogP contribution is 2.53. The van der Waals surface area contributed by atoms with E-state index in [1.165, 1.54) is 5.57 Å². The lowest BCUT2D eigenvalue weighted by Crippen LogP contribution is -2.46. The lowest BCUT2D eigenvalue weighted by Gasteiger charge is -2.46.